The van der Waals surface area contributed by atoms with E-state index in [2.05, 4.69) is 54.5 Å². The summed E-state index contributed by atoms with van der Waals surface area (Å²) in [5, 5.41) is 4.59. The first kappa shape index (κ1) is 19.3. The monoisotopic (exact) mass is 400 g/mol. The van der Waals surface area contributed by atoms with Crippen LogP contribution in [0.15, 0.2) is 76.7 Å². The van der Waals surface area contributed by atoms with E-state index in [0.29, 0.717) is 0 Å². The topological polar surface area (TPSA) is 63.8 Å². The van der Waals surface area contributed by atoms with Crippen molar-refractivity contribution in [2.45, 2.75) is 36.5 Å². The summed E-state index contributed by atoms with van der Waals surface area (Å²) in [5.74, 6) is 0. The predicted octanol–water partition coefficient (Wildman–Crippen LogP) is 6.37. The van der Waals surface area contributed by atoms with Crippen LogP contribution in [0, 0.1) is 6.92 Å². The molecule has 146 valence electrons. The Kier molecular flexibility index (Phi) is 5.67. The molecule has 4 aromatic rings. The van der Waals surface area contributed by atoms with Crippen molar-refractivity contribution in [1.29, 1.82) is 0 Å². The number of nitrogens with two attached hydrogens (primary N) is 1. The molecule has 2 heterocycles. The van der Waals surface area contributed by atoms with Crippen LogP contribution in [0.1, 0.15) is 24.6 Å². The number of hydrogen-bond donors (Lipinski definition) is 2. The number of aryl methyl sites for hydroxylation is 2. The number of benzene rings is 2. The minimum atomic E-state index is 0.779. The standard InChI is InChI=1S/C24H24N4S/c1-3-4-18-7-10-22-23(11-12-26-24(22)28-18)27-19-13-16(2)14-21(15-19)29-20-8-5-17(25)6-9-20/h5-15H,3-4,25H2,1-2H3,(H,26,27,28). The van der Waals surface area contributed by atoms with Gasteiger partial charge in [0.25, 0.3) is 0 Å². The third-order valence-electron chi connectivity index (χ3n) is 4.61. The van der Waals surface area contributed by atoms with Crippen LogP contribution >= 0.6 is 11.8 Å². The molecule has 2 aromatic heterocycles. The quantitative estimate of drug-likeness (QED) is 0.368. The molecule has 0 aliphatic rings. The lowest BCUT2D eigenvalue weighted by atomic mass is 10.1. The highest BCUT2D eigenvalue weighted by atomic mass is 32.2. The number of nitrogen functional groups attached to an aromatic ring is 1. The van der Waals surface area contributed by atoms with Gasteiger partial charge in [-0.15, -0.1) is 0 Å². The smallest absolute Gasteiger partial charge is 0.161 e. The Balaban J connectivity index is 1.62. The van der Waals surface area contributed by atoms with Crippen LogP contribution in [0.4, 0.5) is 17.1 Å². The van der Waals surface area contributed by atoms with Gasteiger partial charge in [0.05, 0.1) is 5.69 Å². The summed E-state index contributed by atoms with van der Waals surface area (Å²) in [6.07, 6.45) is 3.86. The Morgan fingerprint density at radius 2 is 1.79 bits per heavy atom. The highest BCUT2D eigenvalue weighted by Gasteiger charge is 2.07. The highest BCUT2D eigenvalue weighted by Crippen LogP contribution is 2.33. The summed E-state index contributed by atoms with van der Waals surface area (Å²) in [7, 11) is 0. The van der Waals surface area contributed by atoms with E-state index in [-0.39, 0.29) is 0 Å². The van der Waals surface area contributed by atoms with Gasteiger partial charge in [-0.05, 0) is 79.6 Å². The lowest BCUT2D eigenvalue weighted by Crippen LogP contribution is -1.97. The maximum Gasteiger partial charge on any atom is 0.161 e. The molecule has 4 rings (SSSR count). The number of fused-ring (bicyclic) bond motifs is 1. The number of nitrogens with zero attached hydrogens (tertiary/aromatic N) is 2. The van der Waals surface area contributed by atoms with Crippen molar-refractivity contribution in [3.63, 3.8) is 0 Å². The molecule has 0 unspecified atom stereocenters. The molecular weight excluding hydrogens is 376 g/mol. The van der Waals surface area contributed by atoms with Gasteiger partial charge in [-0.3, -0.25) is 0 Å². The second kappa shape index (κ2) is 8.53. The van der Waals surface area contributed by atoms with Gasteiger partial charge >= 0.3 is 0 Å². The molecule has 0 aliphatic carbocycles. The van der Waals surface area contributed by atoms with Gasteiger partial charge in [-0.1, -0.05) is 25.1 Å². The third kappa shape index (κ3) is 4.69. The number of aromatic nitrogens is 2. The van der Waals surface area contributed by atoms with Gasteiger partial charge in [-0.25, -0.2) is 9.97 Å². The van der Waals surface area contributed by atoms with E-state index in [1.807, 2.05) is 36.5 Å². The van der Waals surface area contributed by atoms with Crippen molar-refractivity contribution in [1.82, 2.24) is 9.97 Å². The van der Waals surface area contributed by atoms with E-state index < -0.39 is 0 Å². The molecule has 0 radical (unpaired) electrons. The summed E-state index contributed by atoms with van der Waals surface area (Å²) in [5.41, 5.74) is 11.7. The zero-order chi connectivity index (χ0) is 20.2. The van der Waals surface area contributed by atoms with Crippen molar-refractivity contribution in [3.05, 3.63) is 78.1 Å². The molecule has 0 saturated carbocycles. The van der Waals surface area contributed by atoms with Gasteiger partial charge in [0.15, 0.2) is 5.65 Å². The van der Waals surface area contributed by atoms with Crippen molar-refractivity contribution in [2.75, 3.05) is 11.1 Å². The Labute approximate surface area is 175 Å². The van der Waals surface area contributed by atoms with E-state index in [1.54, 1.807) is 11.8 Å². The van der Waals surface area contributed by atoms with E-state index in [0.717, 1.165) is 51.5 Å². The Bertz CT molecular complexity index is 1140. The lowest BCUT2D eigenvalue weighted by molar-refractivity contribution is 0.887. The fourth-order valence-electron chi connectivity index (χ4n) is 3.28. The van der Waals surface area contributed by atoms with Gasteiger partial charge in [0.2, 0.25) is 0 Å². The Morgan fingerprint density at radius 1 is 0.966 bits per heavy atom. The molecule has 3 N–H and O–H groups in total. The predicted molar refractivity (Wildman–Crippen MR) is 123 cm³/mol. The van der Waals surface area contributed by atoms with Crippen LogP contribution in [0.5, 0.6) is 0 Å². The summed E-state index contributed by atoms with van der Waals surface area (Å²) >= 11 is 1.73. The zero-order valence-electron chi connectivity index (χ0n) is 16.6. The number of hydrogen-bond acceptors (Lipinski definition) is 5. The number of rotatable bonds is 6. The minimum Gasteiger partial charge on any atom is -0.399 e. The maximum absolute atomic E-state index is 5.80. The van der Waals surface area contributed by atoms with Gasteiger partial charge in [0.1, 0.15) is 0 Å². The maximum atomic E-state index is 5.80. The molecule has 2 aromatic carbocycles. The van der Waals surface area contributed by atoms with Crippen LogP contribution in [0.3, 0.4) is 0 Å². The fourth-order valence-corrected chi connectivity index (χ4v) is 4.25. The average molecular weight is 401 g/mol. The summed E-state index contributed by atoms with van der Waals surface area (Å²) < 4.78 is 0. The Morgan fingerprint density at radius 3 is 2.59 bits per heavy atom. The molecule has 0 saturated heterocycles. The van der Waals surface area contributed by atoms with E-state index in [1.165, 1.54) is 10.5 Å². The highest BCUT2D eigenvalue weighted by molar-refractivity contribution is 7.99. The number of nitrogens with one attached hydrogen (secondary N) is 1. The van der Waals surface area contributed by atoms with Gasteiger partial charge in [0, 0.05) is 38.4 Å². The van der Waals surface area contributed by atoms with Gasteiger partial charge in [-0.2, -0.15) is 0 Å². The number of pyridine rings is 2. The molecule has 0 amide bonds. The molecule has 29 heavy (non-hydrogen) atoms. The van der Waals surface area contributed by atoms with Crippen LogP contribution in [0.25, 0.3) is 11.0 Å². The molecule has 0 spiro atoms. The van der Waals surface area contributed by atoms with Crippen molar-refractivity contribution in [2.24, 2.45) is 0 Å². The summed E-state index contributed by atoms with van der Waals surface area (Å²) in [6, 6.07) is 20.7. The van der Waals surface area contributed by atoms with Crippen molar-refractivity contribution >= 4 is 39.9 Å². The molecule has 0 aliphatic heterocycles. The minimum absolute atomic E-state index is 0.779. The average Bonchev–Trinajstić information content (AvgIpc) is 2.70. The van der Waals surface area contributed by atoms with Crippen LogP contribution < -0.4 is 11.1 Å². The first-order chi connectivity index (χ1) is 14.1. The Hall–Kier alpha value is -3.05. The lowest BCUT2D eigenvalue weighted by Gasteiger charge is -2.12. The second-order valence-corrected chi connectivity index (χ2v) is 8.26. The van der Waals surface area contributed by atoms with E-state index >= 15 is 0 Å². The summed E-state index contributed by atoms with van der Waals surface area (Å²) in [6.45, 7) is 4.27. The molecule has 0 atom stereocenters. The molecule has 0 fully saturated rings. The fraction of sp³-hybridized carbons (Fsp3) is 0.167. The normalized spacial score (nSPS) is 11.0. The first-order valence-corrected chi connectivity index (χ1v) is 10.6. The van der Waals surface area contributed by atoms with Crippen LogP contribution in [-0.4, -0.2) is 9.97 Å². The molecule has 0 bridgehead atoms. The van der Waals surface area contributed by atoms with Crippen molar-refractivity contribution in [3.8, 4) is 0 Å². The van der Waals surface area contributed by atoms with E-state index in [9.17, 15) is 0 Å². The van der Waals surface area contributed by atoms with Crippen LogP contribution in [0.2, 0.25) is 0 Å². The summed E-state index contributed by atoms with van der Waals surface area (Å²) in [4.78, 5) is 11.5. The first-order valence-electron chi connectivity index (χ1n) is 9.77. The molecule has 4 nitrogen and oxygen atoms in total. The largest absolute Gasteiger partial charge is 0.399 e. The van der Waals surface area contributed by atoms with Crippen LogP contribution in [-0.2, 0) is 6.42 Å². The third-order valence-corrected chi connectivity index (χ3v) is 5.59. The van der Waals surface area contributed by atoms with E-state index in [4.69, 9.17) is 10.7 Å². The second-order valence-electron chi connectivity index (χ2n) is 7.11. The molecular formula is C24H24N4S. The number of anilines is 3. The molecule has 5 heteroatoms. The van der Waals surface area contributed by atoms with Crippen molar-refractivity contribution < 1.29 is 0 Å². The zero-order valence-corrected chi connectivity index (χ0v) is 17.5. The SMILES string of the molecule is CCCc1ccc2c(Nc3cc(C)cc(Sc4ccc(N)cc4)c3)ccnc2n1. The van der Waals surface area contributed by atoms with Gasteiger partial charge < -0.3 is 11.1 Å².